The van der Waals surface area contributed by atoms with Gasteiger partial charge < -0.3 is 5.11 Å². The summed E-state index contributed by atoms with van der Waals surface area (Å²) in [7, 11) is 0. The molecule has 112 valence electrons. The molecule has 0 amide bonds. The van der Waals surface area contributed by atoms with Gasteiger partial charge in [-0.2, -0.15) is 5.10 Å². The fourth-order valence-corrected chi connectivity index (χ4v) is 3.50. The Morgan fingerprint density at radius 1 is 1.19 bits per heavy atom. The topological polar surface area (TPSA) is 38.0 Å². The molecule has 0 saturated carbocycles. The molecule has 1 aliphatic carbocycles. The Morgan fingerprint density at radius 3 is 2.57 bits per heavy atom. The van der Waals surface area contributed by atoms with E-state index in [9.17, 15) is 5.11 Å². The predicted octanol–water partition coefficient (Wildman–Crippen LogP) is 3.79. The van der Waals surface area contributed by atoms with Crippen LogP contribution in [0.25, 0.3) is 0 Å². The van der Waals surface area contributed by atoms with Gasteiger partial charge in [0.15, 0.2) is 0 Å². The predicted molar refractivity (Wildman–Crippen MR) is 84.5 cm³/mol. The van der Waals surface area contributed by atoms with Crippen molar-refractivity contribution in [2.24, 2.45) is 0 Å². The number of hydrogen-bond donors (Lipinski definition) is 1. The van der Waals surface area contributed by atoms with Crippen molar-refractivity contribution >= 4 is 0 Å². The summed E-state index contributed by atoms with van der Waals surface area (Å²) >= 11 is 0. The van der Waals surface area contributed by atoms with Crippen molar-refractivity contribution in [2.45, 2.75) is 58.1 Å². The molecule has 1 aliphatic rings. The Hall–Kier alpha value is -1.61. The third-order valence-corrected chi connectivity index (χ3v) is 4.71. The first-order valence-corrected chi connectivity index (χ1v) is 7.99. The molecule has 0 spiro atoms. The molecule has 3 unspecified atom stereocenters. The van der Waals surface area contributed by atoms with Crippen molar-refractivity contribution in [3.05, 3.63) is 52.8 Å². The minimum absolute atomic E-state index is 0.0464. The summed E-state index contributed by atoms with van der Waals surface area (Å²) < 4.78 is 2.08. The molecule has 0 fully saturated rings. The second-order valence-corrected chi connectivity index (χ2v) is 6.06. The number of benzene rings is 1. The van der Waals surface area contributed by atoms with Crippen LogP contribution in [0.15, 0.2) is 30.3 Å². The molecule has 3 nitrogen and oxygen atoms in total. The van der Waals surface area contributed by atoms with E-state index in [0.717, 1.165) is 30.5 Å². The summed E-state index contributed by atoms with van der Waals surface area (Å²) in [6.07, 6.45) is 2.37. The van der Waals surface area contributed by atoms with Crippen LogP contribution in [0.4, 0.5) is 0 Å². The Labute approximate surface area is 126 Å². The molecule has 2 aromatic rings. The second-order valence-electron chi connectivity index (χ2n) is 6.06. The van der Waals surface area contributed by atoms with E-state index in [0.29, 0.717) is 5.92 Å². The van der Waals surface area contributed by atoms with E-state index in [1.165, 1.54) is 11.3 Å². The van der Waals surface area contributed by atoms with Crippen molar-refractivity contribution in [2.75, 3.05) is 0 Å². The van der Waals surface area contributed by atoms with Gasteiger partial charge in [-0.25, -0.2) is 0 Å². The molecule has 3 atom stereocenters. The lowest BCUT2D eigenvalue weighted by atomic mass is 9.79. The molecule has 0 aliphatic heterocycles. The summed E-state index contributed by atoms with van der Waals surface area (Å²) in [6.45, 7) is 6.52. The summed E-state index contributed by atoms with van der Waals surface area (Å²) in [4.78, 5) is 0. The Kier molecular flexibility index (Phi) is 3.85. The standard InChI is InChI=1S/C18H24N2O/c1-4-13-11-14(5-2)20(19-13)17-10-12(3)15-8-6-7-9-16(15)18(17)21/h6-9,11-12,17-18,21H,4-5,10H2,1-3H3. The number of hydrogen-bond acceptors (Lipinski definition) is 2. The maximum Gasteiger partial charge on any atom is 0.102 e. The number of aliphatic hydroxyl groups is 1. The van der Waals surface area contributed by atoms with Crippen LogP contribution in [-0.2, 0) is 12.8 Å². The van der Waals surface area contributed by atoms with E-state index < -0.39 is 6.10 Å². The molecule has 0 bridgehead atoms. The first kappa shape index (κ1) is 14.3. The fourth-order valence-electron chi connectivity index (χ4n) is 3.50. The zero-order valence-electron chi connectivity index (χ0n) is 13.1. The summed E-state index contributed by atoms with van der Waals surface area (Å²) in [5.41, 5.74) is 4.69. The third-order valence-electron chi connectivity index (χ3n) is 4.71. The van der Waals surface area contributed by atoms with E-state index in [-0.39, 0.29) is 6.04 Å². The van der Waals surface area contributed by atoms with Gasteiger partial charge in [-0.1, -0.05) is 45.0 Å². The SMILES string of the molecule is CCc1cc(CC)n(C2CC(C)c3ccccc3C2O)n1. The highest BCUT2D eigenvalue weighted by atomic mass is 16.3. The van der Waals surface area contributed by atoms with Gasteiger partial charge in [0.25, 0.3) is 0 Å². The lowest BCUT2D eigenvalue weighted by molar-refractivity contribution is 0.0847. The molecule has 3 rings (SSSR count). The Morgan fingerprint density at radius 2 is 1.90 bits per heavy atom. The van der Waals surface area contributed by atoms with Gasteiger partial charge in [-0.05, 0) is 42.4 Å². The number of rotatable bonds is 3. The summed E-state index contributed by atoms with van der Waals surface area (Å²) in [5.74, 6) is 0.452. The van der Waals surface area contributed by atoms with Crippen molar-refractivity contribution in [1.29, 1.82) is 0 Å². The number of aryl methyl sites for hydroxylation is 2. The summed E-state index contributed by atoms with van der Waals surface area (Å²) in [5, 5.41) is 15.6. The van der Waals surface area contributed by atoms with Crippen LogP contribution in [0.5, 0.6) is 0 Å². The van der Waals surface area contributed by atoms with Gasteiger partial charge in [0.2, 0.25) is 0 Å². The van der Waals surface area contributed by atoms with Crippen LogP contribution in [0.2, 0.25) is 0 Å². The van der Waals surface area contributed by atoms with Crippen LogP contribution in [0.1, 0.15) is 67.8 Å². The number of nitrogens with zero attached hydrogens (tertiary/aromatic N) is 2. The average Bonchev–Trinajstić information content (AvgIpc) is 2.94. The molecule has 1 aromatic carbocycles. The van der Waals surface area contributed by atoms with E-state index in [1.54, 1.807) is 0 Å². The largest absolute Gasteiger partial charge is 0.386 e. The lowest BCUT2D eigenvalue weighted by Crippen LogP contribution is -2.27. The van der Waals surface area contributed by atoms with Gasteiger partial charge in [0.05, 0.1) is 11.7 Å². The second kappa shape index (κ2) is 5.64. The van der Waals surface area contributed by atoms with E-state index >= 15 is 0 Å². The molecule has 0 radical (unpaired) electrons. The summed E-state index contributed by atoms with van der Waals surface area (Å²) in [6, 6.07) is 10.5. The van der Waals surface area contributed by atoms with Crippen molar-refractivity contribution < 1.29 is 5.11 Å². The maximum absolute atomic E-state index is 10.8. The normalized spacial score (nSPS) is 24.9. The molecule has 3 heteroatoms. The fraction of sp³-hybridized carbons (Fsp3) is 0.500. The molecule has 0 saturated heterocycles. The highest BCUT2D eigenvalue weighted by molar-refractivity contribution is 5.35. The number of fused-ring (bicyclic) bond motifs is 1. The quantitative estimate of drug-likeness (QED) is 0.931. The molecule has 21 heavy (non-hydrogen) atoms. The monoisotopic (exact) mass is 284 g/mol. The van der Waals surface area contributed by atoms with E-state index in [1.807, 2.05) is 6.07 Å². The van der Waals surface area contributed by atoms with Gasteiger partial charge in [0, 0.05) is 5.69 Å². The van der Waals surface area contributed by atoms with Crippen LogP contribution in [0.3, 0.4) is 0 Å². The van der Waals surface area contributed by atoms with Crippen LogP contribution >= 0.6 is 0 Å². The van der Waals surface area contributed by atoms with Crippen molar-refractivity contribution in [3.8, 4) is 0 Å². The lowest BCUT2D eigenvalue weighted by Gasteiger charge is -2.35. The van der Waals surface area contributed by atoms with Crippen molar-refractivity contribution in [3.63, 3.8) is 0 Å². The van der Waals surface area contributed by atoms with Gasteiger partial charge in [-0.15, -0.1) is 0 Å². The van der Waals surface area contributed by atoms with Crippen LogP contribution in [-0.4, -0.2) is 14.9 Å². The zero-order valence-corrected chi connectivity index (χ0v) is 13.1. The molecule has 1 heterocycles. The van der Waals surface area contributed by atoms with Crippen LogP contribution < -0.4 is 0 Å². The van der Waals surface area contributed by atoms with Gasteiger partial charge in [0.1, 0.15) is 6.10 Å². The third kappa shape index (κ3) is 2.40. The Balaban J connectivity index is 2.03. The molecular formula is C18H24N2O. The van der Waals surface area contributed by atoms with Crippen LogP contribution in [0, 0.1) is 0 Å². The smallest absolute Gasteiger partial charge is 0.102 e. The minimum atomic E-state index is -0.465. The first-order chi connectivity index (χ1) is 10.2. The van der Waals surface area contributed by atoms with E-state index in [4.69, 9.17) is 5.10 Å². The first-order valence-electron chi connectivity index (χ1n) is 7.99. The van der Waals surface area contributed by atoms with E-state index in [2.05, 4.69) is 49.7 Å². The van der Waals surface area contributed by atoms with Crippen molar-refractivity contribution in [1.82, 2.24) is 9.78 Å². The highest BCUT2D eigenvalue weighted by Crippen LogP contribution is 2.43. The highest BCUT2D eigenvalue weighted by Gasteiger charge is 2.34. The Bertz CT molecular complexity index is 632. The maximum atomic E-state index is 10.8. The number of aromatic nitrogens is 2. The number of aliphatic hydroxyl groups excluding tert-OH is 1. The zero-order chi connectivity index (χ0) is 15.0. The molecular weight excluding hydrogens is 260 g/mol. The molecule has 1 N–H and O–H groups in total. The minimum Gasteiger partial charge on any atom is -0.386 e. The molecule has 1 aromatic heterocycles. The average molecular weight is 284 g/mol. The van der Waals surface area contributed by atoms with Gasteiger partial charge in [-0.3, -0.25) is 4.68 Å². The van der Waals surface area contributed by atoms with Gasteiger partial charge >= 0.3 is 0 Å².